The van der Waals surface area contributed by atoms with Gasteiger partial charge in [-0.3, -0.25) is 0 Å². The number of benzene rings is 2. The zero-order valence-corrected chi connectivity index (χ0v) is 13.6. The Morgan fingerprint density at radius 3 is 2.54 bits per heavy atom. The first kappa shape index (κ1) is 14.6. The summed E-state index contributed by atoms with van der Waals surface area (Å²) in [5, 5.41) is 8.36. The number of hydrogen-bond acceptors (Lipinski definition) is 5. The van der Waals surface area contributed by atoms with Crippen molar-refractivity contribution in [2.45, 2.75) is 13.0 Å². The van der Waals surface area contributed by atoms with Crippen molar-refractivity contribution in [1.29, 1.82) is 0 Å². The smallest absolute Gasteiger partial charge is 0.251 e. The van der Waals surface area contributed by atoms with E-state index in [1.165, 1.54) is 11.1 Å². The molecule has 1 aliphatic heterocycles. The molecule has 0 atom stereocenters. The Labute approximate surface area is 141 Å². The van der Waals surface area contributed by atoms with Crippen molar-refractivity contribution in [3.63, 3.8) is 0 Å². The Balaban J connectivity index is 1.60. The monoisotopic (exact) mass is 317 g/mol. The Kier molecular flexibility index (Phi) is 3.83. The fourth-order valence-corrected chi connectivity index (χ4v) is 3.04. The Morgan fingerprint density at radius 2 is 1.71 bits per heavy atom. The van der Waals surface area contributed by atoms with E-state index < -0.39 is 0 Å². The number of nitrogens with zero attached hydrogens (tertiary/aromatic N) is 5. The summed E-state index contributed by atoms with van der Waals surface area (Å²) in [7, 11) is 1.96. The second-order valence-corrected chi connectivity index (χ2v) is 5.95. The van der Waals surface area contributed by atoms with Crippen molar-refractivity contribution in [2.75, 3.05) is 23.4 Å². The van der Waals surface area contributed by atoms with Crippen LogP contribution in [0.2, 0.25) is 0 Å². The lowest BCUT2D eigenvalue weighted by molar-refractivity contribution is 0.713. The molecule has 0 amide bonds. The normalized spacial score (nSPS) is 13.5. The highest BCUT2D eigenvalue weighted by atomic mass is 15.3. The Morgan fingerprint density at radius 1 is 0.958 bits per heavy atom. The third kappa shape index (κ3) is 2.80. The van der Waals surface area contributed by atoms with E-state index in [9.17, 15) is 0 Å². The van der Waals surface area contributed by atoms with Crippen LogP contribution in [0.3, 0.4) is 0 Å². The van der Waals surface area contributed by atoms with Gasteiger partial charge < -0.3 is 9.80 Å². The molecule has 0 bridgehead atoms. The first-order valence-electron chi connectivity index (χ1n) is 8.11. The minimum atomic E-state index is 0.609. The minimum absolute atomic E-state index is 0.609. The van der Waals surface area contributed by atoms with Crippen LogP contribution in [0.5, 0.6) is 0 Å². The molecule has 2 aromatic carbocycles. The van der Waals surface area contributed by atoms with Crippen LogP contribution in [0.15, 0.2) is 60.8 Å². The zero-order chi connectivity index (χ0) is 16.4. The third-order valence-electron chi connectivity index (χ3n) is 4.43. The van der Waals surface area contributed by atoms with Gasteiger partial charge in [0.25, 0.3) is 5.95 Å². The molecule has 0 fully saturated rings. The van der Waals surface area contributed by atoms with Gasteiger partial charge in [-0.25, -0.2) is 0 Å². The summed E-state index contributed by atoms with van der Waals surface area (Å²) in [5.74, 6) is 1.48. The molecule has 0 N–H and O–H groups in total. The van der Waals surface area contributed by atoms with E-state index in [2.05, 4.69) is 39.4 Å². The molecular weight excluding hydrogens is 298 g/mol. The van der Waals surface area contributed by atoms with Crippen molar-refractivity contribution in [2.24, 2.45) is 0 Å². The summed E-state index contributed by atoms with van der Waals surface area (Å²) < 4.78 is 0. The van der Waals surface area contributed by atoms with Crippen molar-refractivity contribution in [3.8, 4) is 0 Å². The Bertz CT molecular complexity index is 834. The highest BCUT2D eigenvalue weighted by Gasteiger charge is 2.18. The van der Waals surface area contributed by atoms with Crippen molar-refractivity contribution < 1.29 is 0 Å². The van der Waals surface area contributed by atoms with Gasteiger partial charge in [0.2, 0.25) is 0 Å². The lowest BCUT2D eigenvalue weighted by atomic mass is 10.0. The molecule has 120 valence electrons. The van der Waals surface area contributed by atoms with Gasteiger partial charge in [-0.2, -0.15) is 10.1 Å². The van der Waals surface area contributed by atoms with Crippen molar-refractivity contribution in [3.05, 3.63) is 71.9 Å². The molecular formula is C19H19N5. The van der Waals surface area contributed by atoms with Gasteiger partial charge in [0.05, 0.1) is 6.20 Å². The van der Waals surface area contributed by atoms with E-state index in [-0.39, 0.29) is 0 Å². The predicted octanol–water partition coefficient (Wildman–Crippen LogP) is 3.20. The first-order valence-corrected chi connectivity index (χ1v) is 8.11. The molecule has 24 heavy (non-hydrogen) atoms. The average Bonchev–Trinajstić information content (AvgIpc) is 2.68. The summed E-state index contributed by atoms with van der Waals surface area (Å²) in [6.45, 7) is 1.81. The molecule has 0 saturated carbocycles. The predicted molar refractivity (Wildman–Crippen MR) is 95.5 cm³/mol. The van der Waals surface area contributed by atoms with Gasteiger partial charge in [0.15, 0.2) is 5.82 Å². The molecule has 5 heteroatoms. The molecule has 4 rings (SSSR count). The number of para-hydroxylation sites is 1. The number of fused-ring (bicyclic) bond motifs is 1. The van der Waals surface area contributed by atoms with Crippen molar-refractivity contribution in [1.82, 2.24) is 15.2 Å². The quantitative estimate of drug-likeness (QED) is 0.742. The lowest BCUT2D eigenvalue weighted by Gasteiger charge is -2.30. The number of anilines is 3. The van der Waals surface area contributed by atoms with E-state index in [0.717, 1.165) is 31.0 Å². The maximum Gasteiger partial charge on any atom is 0.251 e. The third-order valence-corrected chi connectivity index (χ3v) is 4.43. The van der Waals surface area contributed by atoms with Crippen molar-refractivity contribution >= 4 is 17.5 Å². The summed E-state index contributed by atoms with van der Waals surface area (Å²) >= 11 is 0. The second kappa shape index (κ2) is 6.28. The van der Waals surface area contributed by atoms with E-state index in [4.69, 9.17) is 4.98 Å². The maximum atomic E-state index is 4.72. The number of aromatic nitrogens is 3. The van der Waals surface area contributed by atoms with Crippen LogP contribution in [-0.4, -0.2) is 28.8 Å². The van der Waals surface area contributed by atoms with Gasteiger partial charge in [-0.05, 0) is 29.7 Å². The van der Waals surface area contributed by atoms with Crippen LogP contribution in [0.4, 0.5) is 17.5 Å². The SMILES string of the molecule is CN(c1ccccc1)c1nncc(N2CCc3ccccc3C2)n1. The van der Waals surface area contributed by atoms with E-state index in [1.54, 1.807) is 6.20 Å². The van der Waals surface area contributed by atoms with Crippen LogP contribution >= 0.6 is 0 Å². The minimum Gasteiger partial charge on any atom is -0.350 e. The molecule has 3 aromatic rings. The summed E-state index contributed by atoms with van der Waals surface area (Å²) in [6.07, 6.45) is 2.78. The highest BCUT2D eigenvalue weighted by molar-refractivity contribution is 5.57. The highest BCUT2D eigenvalue weighted by Crippen LogP contribution is 2.25. The van der Waals surface area contributed by atoms with Crippen LogP contribution < -0.4 is 9.80 Å². The molecule has 0 radical (unpaired) electrons. The molecule has 0 spiro atoms. The molecule has 1 aromatic heterocycles. The topological polar surface area (TPSA) is 45.2 Å². The van der Waals surface area contributed by atoms with Crippen LogP contribution in [0.1, 0.15) is 11.1 Å². The Hall–Kier alpha value is -2.95. The average molecular weight is 317 g/mol. The fourth-order valence-electron chi connectivity index (χ4n) is 3.04. The van der Waals surface area contributed by atoms with Gasteiger partial charge in [-0.1, -0.05) is 42.5 Å². The van der Waals surface area contributed by atoms with E-state index in [1.807, 2.05) is 42.3 Å². The summed E-state index contributed by atoms with van der Waals surface area (Å²) in [6, 6.07) is 18.7. The van der Waals surface area contributed by atoms with Gasteiger partial charge in [0.1, 0.15) is 0 Å². The zero-order valence-electron chi connectivity index (χ0n) is 13.6. The standard InChI is InChI=1S/C19H19N5/c1-23(17-9-3-2-4-10-17)19-21-18(13-20-22-19)24-12-11-15-7-5-6-8-16(15)14-24/h2-10,13H,11-12,14H2,1H3. The number of rotatable bonds is 3. The number of hydrogen-bond donors (Lipinski definition) is 0. The van der Waals surface area contributed by atoms with Crippen LogP contribution in [0.25, 0.3) is 0 Å². The summed E-state index contributed by atoms with van der Waals surface area (Å²) in [4.78, 5) is 8.94. The summed E-state index contributed by atoms with van der Waals surface area (Å²) in [5.41, 5.74) is 3.83. The molecule has 2 heterocycles. The molecule has 1 aliphatic rings. The molecule has 5 nitrogen and oxygen atoms in total. The van der Waals surface area contributed by atoms with Crippen LogP contribution in [-0.2, 0) is 13.0 Å². The lowest BCUT2D eigenvalue weighted by Crippen LogP contribution is -2.31. The largest absolute Gasteiger partial charge is 0.350 e. The van der Waals surface area contributed by atoms with Gasteiger partial charge in [0, 0.05) is 25.8 Å². The second-order valence-electron chi connectivity index (χ2n) is 5.95. The van der Waals surface area contributed by atoms with E-state index in [0.29, 0.717) is 5.95 Å². The van der Waals surface area contributed by atoms with Crippen LogP contribution in [0, 0.1) is 0 Å². The van der Waals surface area contributed by atoms with Gasteiger partial charge >= 0.3 is 0 Å². The molecule has 0 unspecified atom stereocenters. The maximum absolute atomic E-state index is 4.72. The molecule has 0 aliphatic carbocycles. The molecule has 0 saturated heterocycles. The fraction of sp³-hybridized carbons (Fsp3) is 0.211. The first-order chi connectivity index (χ1) is 11.8. The van der Waals surface area contributed by atoms with Gasteiger partial charge in [-0.15, -0.1) is 5.10 Å². The van der Waals surface area contributed by atoms with E-state index >= 15 is 0 Å².